The van der Waals surface area contributed by atoms with Gasteiger partial charge in [0, 0.05) is 18.8 Å². The van der Waals surface area contributed by atoms with Gasteiger partial charge in [0.25, 0.3) is 0 Å². The van der Waals surface area contributed by atoms with E-state index in [1.807, 2.05) is 12.3 Å². The summed E-state index contributed by atoms with van der Waals surface area (Å²) >= 11 is 0. The third kappa shape index (κ3) is 1.62. The van der Waals surface area contributed by atoms with Gasteiger partial charge in [0.15, 0.2) is 0 Å². The van der Waals surface area contributed by atoms with Crippen molar-refractivity contribution in [2.75, 3.05) is 11.4 Å². The van der Waals surface area contributed by atoms with Gasteiger partial charge in [-0.05, 0) is 37.3 Å². The van der Waals surface area contributed by atoms with E-state index in [1.54, 1.807) is 0 Å². The standard InChI is InChI=1S/C13H18N2/c1-2-6-12-11(5-1)8-10-15(12)13-7-3-4-9-14-13/h3-4,7,9,11-12H,1-2,5-6,8,10H2/t11-,12+/m0/s1. The number of anilines is 1. The SMILES string of the molecule is c1ccc(N2CC[C@@H]3CCCC[C@H]32)nc1. The second-order valence-corrected chi connectivity index (χ2v) is 4.78. The lowest BCUT2D eigenvalue weighted by atomic mass is 9.85. The molecule has 2 heteroatoms. The molecule has 1 saturated carbocycles. The lowest BCUT2D eigenvalue weighted by Gasteiger charge is -2.32. The second-order valence-electron chi connectivity index (χ2n) is 4.78. The average Bonchev–Trinajstić information content (AvgIpc) is 2.74. The maximum Gasteiger partial charge on any atom is 0.128 e. The molecule has 0 bridgehead atoms. The zero-order valence-electron chi connectivity index (χ0n) is 9.10. The summed E-state index contributed by atoms with van der Waals surface area (Å²) < 4.78 is 0. The first-order valence-electron chi connectivity index (χ1n) is 6.13. The highest BCUT2D eigenvalue weighted by Crippen LogP contribution is 2.37. The molecule has 0 amide bonds. The van der Waals surface area contributed by atoms with E-state index < -0.39 is 0 Å². The highest BCUT2D eigenvalue weighted by Gasteiger charge is 2.35. The largest absolute Gasteiger partial charge is 0.353 e. The Hall–Kier alpha value is -1.05. The van der Waals surface area contributed by atoms with E-state index in [2.05, 4.69) is 22.0 Å². The molecule has 0 spiro atoms. The van der Waals surface area contributed by atoms with Crippen LogP contribution in [-0.2, 0) is 0 Å². The van der Waals surface area contributed by atoms with Crippen LogP contribution in [0.4, 0.5) is 5.82 Å². The van der Waals surface area contributed by atoms with Crippen LogP contribution in [-0.4, -0.2) is 17.6 Å². The van der Waals surface area contributed by atoms with Crippen molar-refractivity contribution in [2.45, 2.75) is 38.1 Å². The molecule has 2 aliphatic rings. The molecule has 1 aromatic heterocycles. The molecule has 0 radical (unpaired) electrons. The Bertz CT molecular complexity index is 323. The highest BCUT2D eigenvalue weighted by molar-refractivity contribution is 5.41. The van der Waals surface area contributed by atoms with Crippen molar-refractivity contribution in [3.63, 3.8) is 0 Å². The van der Waals surface area contributed by atoms with Crippen molar-refractivity contribution < 1.29 is 0 Å². The van der Waals surface area contributed by atoms with Crippen molar-refractivity contribution in [3.05, 3.63) is 24.4 Å². The summed E-state index contributed by atoms with van der Waals surface area (Å²) in [6.07, 6.45) is 8.95. The van der Waals surface area contributed by atoms with E-state index in [0.717, 1.165) is 12.0 Å². The molecule has 80 valence electrons. The first-order valence-corrected chi connectivity index (χ1v) is 6.13. The minimum atomic E-state index is 0.786. The van der Waals surface area contributed by atoms with Gasteiger partial charge in [-0.15, -0.1) is 0 Å². The highest BCUT2D eigenvalue weighted by atomic mass is 15.2. The Labute approximate surface area is 91.3 Å². The van der Waals surface area contributed by atoms with Crippen molar-refractivity contribution in [3.8, 4) is 0 Å². The van der Waals surface area contributed by atoms with Crippen molar-refractivity contribution in [1.82, 2.24) is 4.98 Å². The number of pyridine rings is 1. The normalized spacial score (nSPS) is 30.3. The minimum absolute atomic E-state index is 0.786. The van der Waals surface area contributed by atoms with Crippen molar-refractivity contribution >= 4 is 5.82 Å². The first-order chi connectivity index (χ1) is 7.45. The summed E-state index contributed by atoms with van der Waals surface area (Å²) in [5.74, 6) is 2.13. The lowest BCUT2D eigenvalue weighted by molar-refractivity contribution is 0.341. The molecule has 1 aliphatic heterocycles. The third-order valence-electron chi connectivity index (χ3n) is 3.95. The molecule has 1 aliphatic carbocycles. The topological polar surface area (TPSA) is 16.1 Å². The Morgan fingerprint density at radius 1 is 1.13 bits per heavy atom. The second kappa shape index (κ2) is 3.84. The molecule has 2 nitrogen and oxygen atoms in total. The number of nitrogens with zero attached hydrogens (tertiary/aromatic N) is 2. The summed E-state index contributed by atoms with van der Waals surface area (Å²) in [5.41, 5.74) is 0. The van der Waals surface area contributed by atoms with E-state index in [4.69, 9.17) is 0 Å². The molecule has 1 saturated heterocycles. The molecular formula is C13H18N2. The monoisotopic (exact) mass is 202 g/mol. The fraction of sp³-hybridized carbons (Fsp3) is 0.615. The van der Waals surface area contributed by atoms with Crippen LogP contribution in [0.2, 0.25) is 0 Å². The smallest absolute Gasteiger partial charge is 0.128 e. The predicted octanol–water partition coefficient (Wildman–Crippen LogP) is 2.85. The molecule has 2 atom stereocenters. The number of aromatic nitrogens is 1. The van der Waals surface area contributed by atoms with Gasteiger partial charge in [-0.25, -0.2) is 4.98 Å². The Morgan fingerprint density at radius 3 is 2.93 bits per heavy atom. The Morgan fingerprint density at radius 2 is 2.07 bits per heavy atom. The van der Waals surface area contributed by atoms with E-state index in [0.29, 0.717) is 0 Å². The van der Waals surface area contributed by atoms with Gasteiger partial charge in [0.2, 0.25) is 0 Å². The molecule has 3 rings (SSSR count). The molecule has 2 fully saturated rings. The number of hydrogen-bond acceptors (Lipinski definition) is 2. The van der Waals surface area contributed by atoms with Crippen LogP contribution in [0.15, 0.2) is 24.4 Å². The molecule has 1 aromatic rings. The van der Waals surface area contributed by atoms with E-state index in [1.165, 1.54) is 44.5 Å². The fourth-order valence-corrected chi connectivity index (χ4v) is 3.21. The summed E-state index contributed by atoms with van der Waals surface area (Å²) in [7, 11) is 0. The maximum atomic E-state index is 4.48. The van der Waals surface area contributed by atoms with E-state index in [-0.39, 0.29) is 0 Å². The zero-order valence-corrected chi connectivity index (χ0v) is 9.10. The van der Waals surface area contributed by atoms with Crippen LogP contribution in [0.3, 0.4) is 0 Å². The quantitative estimate of drug-likeness (QED) is 0.696. The van der Waals surface area contributed by atoms with Gasteiger partial charge in [-0.3, -0.25) is 0 Å². The molecule has 0 unspecified atom stereocenters. The van der Waals surface area contributed by atoms with Crippen LogP contribution < -0.4 is 4.90 Å². The van der Waals surface area contributed by atoms with Gasteiger partial charge in [-0.1, -0.05) is 18.9 Å². The summed E-state index contributed by atoms with van der Waals surface area (Å²) in [6, 6.07) is 7.03. The van der Waals surface area contributed by atoms with Gasteiger partial charge in [0.05, 0.1) is 0 Å². The summed E-state index contributed by atoms with van der Waals surface area (Å²) in [6.45, 7) is 1.21. The number of fused-ring (bicyclic) bond motifs is 1. The average molecular weight is 202 g/mol. The van der Waals surface area contributed by atoms with Crippen LogP contribution in [0.5, 0.6) is 0 Å². The summed E-state index contributed by atoms with van der Waals surface area (Å²) in [4.78, 5) is 7.01. The fourth-order valence-electron chi connectivity index (χ4n) is 3.21. The lowest BCUT2D eigenvalue weighted by Crippen LogP contribution is -2.35. The van der Waals surface area contributed by atoms with Crippen molar-refractivity contribution in [2.24, 2.45) is 5.92 Å². The van der Waals surface area contributed by atoms with Gasteiger partial charge >= 0.3 is 0 Å². The Balaban J connectivity index is 1.82. The van der Waals surface area contributed by atoms with Gasteiger partial charge in [-0.2, -0.15) is 0 Å². The van der Waals surface area contributed by atoms with Gasteiger partial charge < -0.3 is 4.90 Å². The van der Waals surface area contributed by atoms with Crippen LogP contribution in [0.25, 0.3) is 0 Å². The Kier molecular flexibility index (Phi) is 2.35. The van der Waals surface area contributed by atoms with Crippen LogP contribution in [0, 0.1) is 5.92 Å². The van der Waals surface area contributed by atoms with Gasteiger partial charge in [0.1, 0.15) is 5.82 Å². The molecule has 2 heterocycles. The molecule has 0 aromatic carbocycles. The molecular weight excluding hydrogens is 184 g/mol. The summed E-state index contributed by atoms with van der Waals surface area (Å²) in [5, 5.41) is 0. The minimum Gasteiger partial charge on any atom is -0.353 e. The molecule has 0 N–H and O–H groups in total. The third-order valence-corrected chi connectivity index (χ3v) is 3.95. The van der Waals surface area contributed by atoms with Crippen LogP contribution in [0.1, 0.15) is 32.1 Å². The maximum absolute atomic E-state index is 4.48. The molecule has 15 heavy (non-hydrogen) atoms. The predicted molar refractivity (Wildman–Crippen MR) is 61.9 cm³/mol. The first kappa shape index (κ1) is 9.20. The van der Waals surface area contributed by atoms with E-state index >= 15 is 0 Å². The van der Waals surface area contributed by atoms with Crippen LogP contribution >= 0.6 is 0 Å². The number of rotatable bonds is 1. The zero-order chi connectivity index (χ0) is 10.1. The van der Waals surface area contributed by atoms with E-state index in [9.17, 15) is 0 Å². The van der Waals surface area contributed by atoms with Crippen molar-refractivity contribution in [1.29, 1.82) is 0 Å². The number of hydrogen-bond donors (Lipinski definition) is 0.